The van der Waals surface area contributed by atoms with Crippen LogP contribution in [0.4, 0.5) is 10.5 Å². The van der Waals surface area contributed by atoms with Crippen molar-refractivity contribution in [2.75, 3.05) is 33.0 Å². The van der Waals surface area contributed by atoms with Crippen molar-refractivity contribution in [2.45, 2.75) is 38.3 Å². The monoisotopic (exact) mass is 319 g/mol. The van der Waals surface area contributed by atoms with E-state index in [1.54, 1.807) is 11.9 Å². The summed E-state index contributed by atoms with van der Waals surface area (Å²) >= 11 is 0. The zero-order valence-electron chi connectivity index (χ0n) is 14.5. The molecule has 23 heavy (non-hydrogen) atoms. The van der Waals surface area contributed by atoms with Crippen molar-refractivity contribution in [2.24, 2.45) is 5.92 Å². The van der Waals surface area contributed by atoms with Crippen LogP contribution >= 0.6 is 0 Å². The first-order valence-corrected chi connectivity index (χ1v) is 8.39. The van der Waals surface area contributed by atoms with Gasteiger partial charge in [0.25, 0.3) is 0 Å². The van der Waals surface area contributed by atoms with Gasteiger partial charge in [-0.3, -0.25) is 0 Å². The number of nitrogens with zero attached hydrogens (tertiary/aromatic N) is 2. The van der Waals surface area contributed by atoms with Crippen LogP contribution in [0.2, 0.25) is 0 Å². The maximum Gasteiger partial charge on any atom is 0.321 e. The minimum atomic E-state index is -0.276. The van der Waals surface area contributed by atoms with Gasteiger partial charge in [0.05, 0.1) is 6.10 Å². The molecule has 2 N–H and O–H groups in total. The summed E-state index contributed by atoms with van der Waals surface area (Å²) in [6.07, 6.45) is 3.81. The highest BCUT2D eigenvalue weighted by Gasteiger charge is 2.25. The number of aliphatic hydroxyl groups is 1. The van der Waals surface area contributed by atoms with Gasteiger partial charge < -0.3 is 20.2 Å². The molecule has 1 fully saturated rings. The maximum atomic E-state index is 12.3. The van der Waals surface area contributed by atoms with Crippen LogP contribution in [-0.2, 0) is 6.54 Å². The molecule has 0 spiro atoms. The second kappa shape index (κ2) is 8.31. The first-order valence-electron chi connectivity index (χ1n) is 8.39. The molecule has 5 nitrogen and oxygen atoms in total. The standard InChI is InChI=1S/C18H29N3O2/c1-20(2)12-14-7-6-9-16(11-14)19-18(23)21(3)13-15-8-4-5-10-17(15)22/h6-7,9,11,15,17,22H,4-5,8,10,12-13H2,1-3H3,(H,19,23). The summed E-state index contributed by atoms with van der Waals surface area (Å²) in [5.41, 5.74) is 1.98. The number of urea groups is 1. The summed E-state index contributed by atoms with van der Waals surface area (Å²) in [5.74, 6) is 0.194. The number of carbonyl (C=O) groups is 1. The Morgan fingerprint density at radius 1 is 1.26 bits per heavy atom. The molecule has 1 aliphatic carbocycles. The number of amides is 2. The van der Waals surface area contributed by atoms with Crippen LogP contribution in [-0.4, -0.2) is 54.7 Å². The van der Waals surface area contributed by atoms with E-state index in [9.17, 15) is 9.90 Å². The highest BCUT2D eigenvalue weighted by molar-refractivity contribution is 5.89. The van der Waals surface area contributed by atoms with E-state index in [1.807, 2.05) is 32.3 Å². The van der Waals surface area contributed by atoms with Crippen molar-refractivity contribution < 1.29 is 9.90 Å². The highest BCUT2D eigenvalue weighted by Crippen LogP contribution is 2.25. The zero-order chi connectivity index (χ0) is 16.8. The Hall–Kier alpha value is -1.59. The predicted octanol–water partition coefficient (Wildman–Crippen LogP) is 2.76. The van der Waals surface area contributed by atoms with Crippen LogP contribution in [0.25, 0.3) is 0 Å². The molecule has 1 aromatic rings. The van der Waals surface area contributed by atoms with E-state index in [-0.39, 0.29) is 18.1 Å². The molecule has 1 aliphatic rings. The summed E-state index contributed by atoms with van der Waals surface area (Å²) < 4.78 is 0. The lowest BCUT2D eigenvalue weighted by molar-refractivity contribution is 0.0575. The SMILES string of the molecule is CN(C)Cc1cccc(NC(=O)N(C)CC2CCCCC2O)c1. The van der Waals surface area contributed by atoms with Crippen LogP contribution < -0.4 is 5.32 Å². The number of aliphatic hydroxyl groups excluding tert-OH is 1. The van der Waals surface area contributed by atoms with Gasteiger partial charge in [0.15, 0.2) is 0 Å². The smallest absolute Gasteiger partial charge is 0.321 e. The summed E-state index contributed by atoms with van der Waals surface area (Å²) in [5, 5.41) is 13.0. The third-order valence-electron chi connectivity index (χ3n) is 4.40. The summed E-state index contributed by atoms with van der Waals surface area (Å²) in [4.78, 5) is 16.1. The summed E-state index contributed by atoms with van der Waals surface area (Å²) in [7, 11) is 5.84. The normalized spacial score (nSPS) is 21.3. The fourth-order valence-corrected chi connectivity index (χ4v) is 3.17. The molecule has 0 radical (unpaired) electrons. The van der Waals surface area contributed by atoms with Gasteiger partial charge in [0.2, 0.25) is 0 Å². The van der Waals surface area contributed by atoms with E-state index >= 15 is 0 Å². The quantitative estimate of drug-likeness (QED) is 0.877. The zero-order valence-corrected chi connectivity index (χ0v) is 14.5. The fraction of sp³-hybridized carbons (Fsp3) is 0.611. The number of rotatable bonds is 5. The maximum absolute atomic E-state index is 12.3. The van der Waals surface area contributed by atoms with E-state index in [0.29, 0.717) is 6.54 Å². The number of benzene rings is 1. The van der Waals surface area contributed by atoms with Crippen molar-refractivity contribution in [1.29, 1.82) is 0 Å². The van der Waals surface area contributed by atoms with Crippen molar-refractivity contribution >= 4 is 11.7 Å². The van der Waals surface area contributed by atoms with Crippen molar-refractivity contribution in [3.8, 4) is 0 Å². The van der Waals surface area contributed by atoms with Crippen LogP contribution in [0.3, 0.4) is 0 Å². The number of nitrogens with one attached hydrogen (secondary N) is 1. The van der Waals surface area contributed by atoms with Gasteiger partial charge in [-0.05, 0) is 44.6 Å². The molecule has 1 saturated carbocycles. The first kappa shape index (κ1) is 17.8. The van der Waals surface area contributed by atoms with Crippen LogP contribution in [0, 0.1) is 5.92 Å². The second-order valence-electron chi connectivity index (χ2n) is 6.86. The van der Waals surface area contributed by atoms with Crippen molar-refractivity contribution in [3.05, 3.63) is 29.8 Å². The Morgan fingerprint density at radius 2 is 2.00 bits per heavy atom. The second-order valence-corrected chi connectivity index (χ2v) is 6.86. The number of anilines is 1. The Balaban J connectivity index is 1.90. The van der Waals surface area contributed by atoms with Gasteiger partial charge >= 0.3 is 6.03 Å². The first-order chi connectivity index (χ1) is 11.0. The molecule has 0 aromatic heterocycles. The number of hydrogen-bond acceptors (Lipinski definition) is 3. The fourth-order valence-electron chi connectivity index (χ4n) is 3.17. The van der Waals surface area contributed by atoms with E-state index in [1.165, 1.54) is 0 Å². The lowest BCUT2D eigenvalue weighted by Crippen LogP contribution is -2.40. The topological polar surface area (TPSA) is 55.8 Å². The molecular formula is C18H29N3O2. The Kier molecular flexibility index (Phi) is 6.42. The molecule has 0 bridgehead atoms. The molecule has 2 rings (SSSR count). The summed E-state index contributed by atoms with van der Waals surface area (Å²) in [6, 6.07) is 7.79. The third-order valence-corrected chi connectivity index (χ3v) is 4.40. The molecule has 5 heteroatoms. The third kappa shape index (κ3) is 5.52. The van der Waals surface area contributed by atoms with Crippen molar-refractivity contribution in [3.63, 3.8) is 0 Å². The van der Waals surface area contributed by atoms with Gasteiger partial charge in [0.1, 0.15) is 0 Å². The lowest BCUT2D eigenvalue weighted by Gasteiger charge is -2.31. The van der Waals surface area contributed by atoms with Gasteiger partial charge in [-0.25, -0.2) is 4.79 Å². The van der Waals surface area contributed by atoms with E-state index < -0.39 is 0 Å². The molecule has 2 amide bonds. The largest absolute Gasteiger partial charge is 0.393 e. The summed E-state index contributed by atoms with van der Waals surface area (Å²) in [6.45, 7) is 1.44. The van der Waals surface area contributed by atoms with Gasteiger partial charge in [-0.1, -0.05) is 25.0 Å². The Labute approximate surface area is 139 Å². The Morgan fingerprint density at radius 3 is 2.70 bits per heavy atom. The molecule has 1 aromatic carbocycles. The van der Waals surface area contributed by atoms with Crippen LogP contribution in [0.5, 0.6) is 0 Å². The molecular weight excluding hydrogens is 290 g/mol. The van der Waals surface area contributed by atoms with Gasteiger partial charge in [0, 0.05) is 31.7 Å². The molecule has 0 aliphatic heterocycles. The predicted molar refractivity (Wildman–Crippen MR) is 93.4 cm³/mol. The molecule has 128 valence electrons. The van der Waals surface area contributed by atoms with E-state index in [4.69, 9.17) is 0 Å². The van der Waals surface area contributed by atoms with Gasteiger partial charge in [-0.2, -0.15) is 0 Å². The molecule has 2 atom stereocenters. The average molecular weight is 319 g/mol. The molecule has 2 unspecified atom stereocenters. The lowest BCUT2D eigenvalue weighted by atomic mass is 9.86. The minimum absolute atomic E-state index is 0.121. The van der Waals surface area contributed by atoms with Crippen LogP contribution in [0.1, 0.15) is 31.2 Å². The Bertz CT molecular complexity index is 519. The van der Waals surface area contributed by atoms with Crippen LogP contribution in [0.15, 0.2) is 24.3 Å². The molecule has 0 saturated heterocycles. The number of hydrogen-bond donors (Lipinski definition) is 2. The minimum Gasteiger partial charge on any atom is -0.393 e. The van der Waals surface area contributed by atoms with E-state index in [2.05, 4.69) is 16.3 Å². The van der Waals surface area contributed by atoms with E-state index in [0.717, 1.165) is 43.5 Å². The molecule has 0 heterocycles. The number of carbonyl (C=O) groups excluding carboxylic acids is 1. The average Bonchev–Trinajstić information content (AvgIpc) is 2.49. The van der Waals surface area contributed by atoms with Crippen molar-refractivity contribution in [1.82, 2.24) is 9.80 Å². The highest BCUT2D eigenvalue weighted by atomic mass is 16.3. The van der Waals surface area contributed by atoms with Gasteiger partial charge in [-0.15, -0.1) is 0 Å².